The van der Waals surface area contributed by atoms with Crippen molar-refractivity contribution < 1.29 is 31.7 Å². The molecular weight excluding hydrogens is 484 g/mol. The van der Waals surface area contributed by atoms with Gasteiger partial charge in [-0.2, -0.15) is 0 Å². The number of halogens is 2. The quantitative estimate of drug-likeness (QED) is 0.397. The molecule has 1 amide bonds. The lowest BCUT2D eigenvalue weighted by Crippen LogP contribution is -2.49. The molecule has 0 radical (unpaired) electrons. The van der Waals surface area contributed by atoms with E-state index >= 15 is 0 Å². The molecule has 2 aliphatic rings. The monoisotopic (exact) mass is 509 g/mol. The molecule has 1 saturated heterocycles. The van der Waals surface area contributed by atoms with Crippen molar-refractivity contribution in [1.82, 2.24) is 4.90 Å². The van der Waals surface area contributed by atoms with Gasteiger partial charge in [-0.1, -0.05) is 0 Å². The van der Waals surface area contributed by atoms with Gasteiger partial charge in [0.2, 0.25) is 0 Å². The van der Waals surface area contributed by atoms with Crippen LogP contribution in [0.5, 0.6) is 5.75 Å². The van der Waals surface area contributed by atoms with E-state index in [1.165, 1.54) is 35.2 Å². The van der Waals surface area contributed by atoms with E-state index in [0.717, 1.165) is 12.3 Å². The van der Waals surface area contributed by atoms with Gasteiger partial charge in [0.15, 0.2) is 15.7 Å². The predicted octanol–water partition coefficient (Wildman–Crippen LogP) is 3.23. The molecule has 1 aliphatic carbocycles. The summed E-state index contributed by atoms with van der Waals surface area (Å²) in [7, 11) is -3.59. The minimum atomic E-state index is -3.59. The minimum Gasteiger partial charge on any atom is -0.492 e. The molecular formula is C23H25F2N3O6S. The van der Waals surface area contributed by atoms with Crippen LogP contribution in [-0.2, 0) is 9.84 Å². The van der Waals surface area contributed by atoms with Crippen LogP contribution < -0.4 is 9.64 Å². The Morgan fingerprint density at radius 1 is 1.14 bits per heavy atom. The van der Waals surface area contributed by atoms with Gasteiger partial charge in [0.1, 0.15) is 5.75 Å². The smallest absolute Gasteiger partial charge is 0.272 e. The molecule has 9 nitrogen and oxygen atoms in total. The maximum atomic E-state index is 14.4. The van der Waals surface area contributed by atoms with Crippen molar-refractivity contribution in [3.63, 3.8) is 0 Å². The van der Waals surface area contributed by atoms with Crippen molar-refractivity contribution in [3.8, 4) is 5.75 Å². The molecule has 0 N–H and O–H groups in total. The van der Waals surface area contributed by atoms with Gasteiger partial charge in [0.05, 0.1) is 40.4 Å². The molecule has 1 heterocycles. The second-order valence-electron chi connectivity index (χ2n) is 9.02. The summed E-state index contributed by atoms with van der Waals surface area (Å²) in [6, 6.07) is 7.46. The number of non-ortho nitro benzene ring substituents is 1. The molecule has 4 rings (SSSR count). The second kappa shape index (κ2) is 9.40. The molecule has 2 aromatic rings. The van der Waals surface area contributed by atoms with E-state index in [1.54, 1.807) is 4.90 Å². The number of carbonyl (C=O) groups excluding carboxylic acids is 1. The zero-order chi connectivity index (χ0) is 25.4. The molecule has 1 aliphatic heterocycles. The number of nitro groups is 1. The van der Waals surface area contributed by atoms with Crippen LogP contribution in [0.15, 0.2) is 41.3 Å². The highest BCUT2D eigenvalue weighted by atomic mass is 32.2. The van der Waals surface area contributed by atoms with Crippen molar-refractivity contribution in [3.05, 3.63) is 57.9 Å². The summed E-state index contributed by atoms with van der Waals surface area (Å²) in [5.74, 6) is -0.984. The summed E-state index contributed by atoms with van der Waals surface area (Å²) in [5, 5.41) is 10.8. The van der Waals surface area contributed by atoms with Gasteiger partial charge >= 0.3 is 0 Å². The van der Waals surface area contributed by atoms with E-state index in [0.29, 0.717) is 12.8 Å². The zero-order valence-electron chi connectivity index (χ0n) is 19.1. The molecule has 0 unspecified atom stereocenters. The highest BCUT2D eigenvalue weighted by Crippen LogP contribution is 2.46. The summed E-state index contributed by atoms with van der Waals surface area (Å²) in [5.41, 5.74) is -0.626. The maximum absolute atomic E-state index is 14.4. The van der Waals surface area contributed by atoms with E-state index < -0.39 is 38.6 Å². The molecule has 2 aromatic carbocycles. The fourth-order valence-corrected chi connectivity index (χ4v) is 4.59. The first-order chi connectivity index (χ1) is 16.5. The van der Waals surface area contributed by atoms with Crippen molar-refractivity contribution in [1.29, 1.82) is 0 Å². The molecule has 12 heteroatoms. The maximum Gasteiger partial charge on any atom is 0.272 e. The summed E-state index contributed by atoms with van der Waals surface area (Å²) in [6.07, 6.45) is 2.42. The van der Waals surface area contributed by atoms with Crippen LogP contribution in [0.3, 0.4) is 0 Å². The van der Waals surface area contributed by atoms with Crippen LogP contribution in [0.2, 0.25) is 0 Å². The number of anilines is 1. The van der Waals surface area contributed by atoms with E-state index in [-0.39, 0.29) is 60.4 Å². The molecule has 1 saturated carbocycles. The van der Waals surface area contributed by atoms with Gasteiger partial charge in [-0.3, -0.25) is 19.3 Å². The van der Waals surface area contributed by atoms with Crippen LogP contribution >= 0.6 is 0 Å². The minimum absolute atomic E-state index is 0.0357. The highest BCUT2D eigenvalue weighted by molar-refractivity contribution is 7.90. The third-order valence-electron chi connectivity index (χ3n) is 6.43. The molecule has 0 bridgehead atoms. The number of nitrogens with zero attached hydrogens (tertiary/aromatic N) is 3. The molecule has 2 fully saturated rings. The summed E-state index contributed by atoms with van der Waals surface area (Å²) >= 11 is 0. The van der Waals surface area contributed by atoms with E-state index in [1.807, 2.05) is 0 Å². The standard InChI is InChI=1S/C23H25F2N3O6S/c1-35(32,33)17-3-5-21(34-15-23(14-24)6-7-23)18(13-17)22(29)27-10-8-26(9-11-27)20-4-2-16(28(30)31)12-19(20)25/h2-5,12-13H,6-11,14-15H2,1H3. The summed E-state index contributed by atoms with van der Waals surface area (Å²) < 4.78 is 57.6. The van der Waals surface area contributed by atoms with Crippen molar-refractivity contribution in [2.24, 2.45) is 5.41 Å². The first-order valence-electron chi connectivity index (χ1n) is 11.0. The van der Waals surface area contributed by atoms with E-state index in [2.05, 4.69) is 0 Å². The number of hydrogen-bond acceptors (Lipinski definition) is 7. The number of hydrogen-bond donors (Lipinski definition) is 0. The Morgan fingerprint density at radius 2 is 1.83 bits per heavy atom. The van der Waals surface area contributed by atoms with Gasteiger partial charge in [0.25, 0.3) is 11.6 Å². The van der Waals surface area contributed by atoms with Crippen molar-refractivity contribution in [2.75, 3.05) is 50.6 Å². The highest BCUT2D eigenvalue weighted by Gasteiger charge is 2.44. The van der Waals surface area contributed by atoms with Crippen molar-refractivity contribution in [2.45, 2.75) is 17.7 Å². The molecule has 35 heavy (non-hydrogen) atoms. The number of benzene rings is 2. The summed E-state index contributed by atoms with van der Waals surface area (Å²) in [4.78, 5) is 26.7. The van der Waals surface area contributed by atoms with Crippen LogP contribution in [-0.4, -0.2) is 69.9 Å². The average molecular weight is 510 g/mol. The number of carbonyl (C=O) groups is 1. The number of nitro benzene ring substituents is 1. The Balaban J connectivity index is 1.51. The topological polar surface area (TPSA) is 110 Å². The number of piperazine rings is 1. The van der Waals surface area contributed by atoms with Gasteiger partial charge in [0, 0.05) is 43.9 Å². The Hall–Kier alpha value is -3.28. The fourth-order valence-electron chi connectivity index (χ4n) is 3.94. The van der Waals surface area contributed by atoms with Gasteiger partial charge in [-0.25, -0.2) is 12.8 Å². The lowest BCUT2D eigenvalue weighted by Gasteiger charge is -2.36. The predicted molar refractivity (Wildman–Crippen MR) is 124 cm³/mol. The van der Waals surface area contributed by atoms with Crippen LogP contribution in [0, 0.1) is 21.3 Å². The largest absolute Gasteiger partial charge is 0.492 e. The van der Waals surface area contributed by atoms with Gasteiger partial charge < -0.3 is 14.5 Å². The van der Waals surface area contributed by atoms with E-state index in [9.17, 15) is 32.1 Å². The third kappa shape index (κ3) is 5.37. The first kappa shape index (κ1) is 24.8. The van der Waals surface area contributed by atoms with Crippen LogP contribution in [0.4, 0.5) is 20.2 Å². The summed E-state index contributed by atoms with van der Waals surface area (Å²) in [6.45, 7) is 0.535. The first-order valence-corrected chi connectivity index (χ1v) is 12.9. The fraction of sp³-hybridized carbons (Fsp3) is 0.435. The van der Waals surface area contributed by atoms with Crippen LogP contribution in [0.25, 0.3) is 0 Å². The number of rotatable bonds is 8. The van der Waals surface area contributed by atoms with Crippen LogP contribution in [0.1, 0.15) is 23.2 Å². The lowest BCUT2D eigenvalue weighted by molar-refractivity contribution is -0.385. The molecule has 0 aromatic heterocycles. The third-order valence-corrected chi connectivity index (χ3v) is 7.54. The number of alkyl halides is 1. The SMILES string of the molecule is CS(=O)(=O)c1ccc(OCC2(CF)CC2)c(C(=O)N2CCN(c3ccc([N+](=O)[O-])cc3F)CC2)c1. The molecule has 0 atom stereocenters. The molecule has 0 spiro atoms. The Bertz CT molecular complexity index is 1260. The number of ether oxygens (including phenoxy) is 1. The molecule has 188 valence electrons. The Kier molecular flexibility index (Phi) is 6.67. The number of amides is 1. The lowest BCUT2D eigenvalue weighted by atomic mass is 10.1. The average Bonchev–Trinajstić information content (AvgIpc) is 3.62. The van der Waals surface area contributed by atoms with Crippen molar-refractivity contribution >= 4 is 27.1 Å². The Morgan fingerprint density at radius 3 is 2.37 bits per heavy atom. The number of sulfone groups is 1. The van der Waals surface area contributed by atoms with E-state index in [4.69, 9.17) is 4.74 Å². The second-order valence-corrected chi connectivity index (χ2v) is 11.0. The van der Waals surface area contributed by atoms with Gasteiger partial charge in [-0.05, 0) is 37.1 Å². The Labute approximate surface area is 201 Å². The zero-order valence-corrected chi connectivity index (χ0v) is 19.9. The van der Waals surface area contributed by atoms with Gasteiger partial charge in [-0.15, -0.1) is 0 Å². The normalized spacial score (nSPS) is 17.2.